The molecule has 0 radical (unpaired) electrons. The molecule has 1 aromatic rings. The van der Waals surface area contributed by atoms with Gasteiger partial charge < -0.3 is 5.73 Å². The molecular weight excluding hydrogens is 228 g/mol. The van der Waals surface area contributed by atoms with Gasteiger partial charge in [-0.25, -0.2) is 0 Å². The standard InChI is InChI=1S/C14H16N2O2/c15-7-10(9-4-2-1-3-5-9)8-16-13(17)11-6-12(11)14(16)18/h1-5,10-12H,6-8,15H2. The molecule has 18 heavy (non-hydrogen) atoms. The van der Waals surface area contributed by atoms with E-state index in [1.54, 1.807) is 0 Å². The second-order valence-corrected chi connectivity index (χ2v) is 5.08. The Morgan fingerprint density at radius 2 is 1.78 bits per heavy atom. The van der Waals surface area contributed by atoms with Crippen LogP contribution in [0.5, 0.6) is 0 Å². The van der Waals surface area contributed by atoms with Gasteiger partial charge in [-0.05, 0) is 12.0 Å². The van der Waals surface area contributed by atoms with E-state index >= 15 is 0 Å². The predicted octanol–water partition coefficient (Wildman–Crippen LogP) is 0.734. The Morgan fingerprint density at radius 3 is 2.33 bits per heavy atom. The number of piperidine rings is 1. The maximum atomic E-state index is 11.9. The van der Waals surface area contributed by atoms with Crippen molar-refractivity contribution in [3.05, 3.63) is 35.9 Å². The number of hydrogen-bond donors (Lipinski definition) is 1. The third-order valence-corrected chi connectivity index (χ3v) is 3.92. The Bertz CT molecular complexity index is 466. The van der Waals surface area contributed by atoms with Crippen LogP contribution in [0.15, 0.2) is 30.3 Å². The van der Waals surface area contributed by atoms with Crippen molar-refractivity contribution in [2.24, 2.45) is 17.6 Å². The number of benzene rings is 1. The molecule has 3 atom stereocenters. The lowest BCUT2D eigenvalue weighted by molar-refractivity contribution is -0.141. The van der Waals surface area contributed by atoms with Gasteiger partial charge in [-0.1, -0.05) is 30.3 Å². The van der Waals surface area contributed by atoms with Gasteiger partial charge >= 0.3 is 0 Å². The Morgan fingerprint density at radius 1 is 1.17 bits per heavy atom. The van der Waals surface area contributed by atoms with Crippen molar-refractivity contribution in [1.29, 1.82) is 0 Å². The van der Waals surface area contributed by atoms with Crippen molar-refractivity contribution in [2.75, 3.05) is 13.1 Å². The number of carbonyl (C=O) groups excluding carboxylic acids is 2. The first-order valence-corrected chi connectivity index (χ1v) is 6.32. The van der Waals surface area contributed by atoms with Crippen LogP contribution < -0.4 is 5.73 Å². The van der Waals surface area contributed by atoms with E-state index in [1.807, 2.05) is 30.3 Å². The van der Waals surface area contributed by atoms with E-state index in [1.165, 1.54) is 4.90 Å². The van der Waals surface area contributed by atoms with Gasteiger partial charge in [-0.3, -0.25) is 14.5 Å². The van der Waals surface area contributed by atoms with E-state index in [0.717, 1.165) is 12.0 Å². The molecule has 1 heterocycles. The zero-order chi connectivity index (χ0) is 12.7. The minimum atomic E-state index is -0.0216. The molecule has 94 valence electrons. The summed E-state index contributed by atoms with van der Waals surface area (Å²) in [7, 11) is 0. The molecule has 1 saturated carbocycles. The molecule has 4 nitrogen and oxygen atoms in total. The summed E-state index contributed by atoms with van der Waals surface area (Å²) in [6.45, 7) is 0.863. The van der Waals surface area contributed by atoms with Crippen LogP contribution in [0.1, 0.15) is 17.9 Å². The first-order chi connectivity index (χ1) is 8.72. The zero-order valence-corrected chi connectivity index (χ0v) is 10.1. The third-order valence-electron chi connectivity index (χ3n) is 3.92. The fraction of sp³-hybridized carbons (Fsp3) is 0.429. The van der Waals surface area contributed by atoms with Crippen molar-refractivity contribution in [1.82, 2.24) is 4.90 Å². The van der Waals surface area contributed by atoms with Crippen molar-refractivity contribution in [3.63, 3.8) is 0 Å². The zero-order valence-electron chi connectivity index (χ0n) is 10.1. The lowest BCUT2D eigenvalue weighted by atomic mass is 9.98. The summed E-state index contributed by atoms with van der Waals surface area (Å²) in [5.74, 6) is -0.00578. The van der Waals surface area contributed by atoms with Crippen LogP contribution in [0, 0.1) is 11.8 Å². The second kappa shape index (κ2) is 4.21. The highest BCUT2D eigenvalue weighted by Crippen LogP contribution is 2.47. The van der Waals surface area contributed by atoms with E-state index in [4.69, 9.17) is 5.73 Å². The van der Waals surface area contributed by atoms with Gasteiger partial charge in [0.15, 0.2) is 0 Å². The number of nitrogens with zero attached hydrogens (tertiary/aromatic N) is 1. The monoisotopic (exact) mass is 244 g/mol. The van der Waals surface area contributed by atoms with Crippen LogP contribution >= 0.6 is 0 Å². The molecule has 3 rings (SSSR count). The van der Waals surface area contributed by atoms with Crippen molar-refractivity contribution in [2.45, 2.75) is 12.3 Å². The van der Waals surface area contributed by atoms with Crippen LogP contribution in [-0.4, -0.2) is 29.8 Å². The molecule has 1 aliphatic heterocycles. The number of fused-ring (bicyclic) bond motifs is 1. The molecule has 2 amide bonds. The quantitative estimate of drug-likeness (QED) is 0.794. The summed E-state index contributed by atoms with van der Waals surface area (Å²) in [5, 5.41) is 0. The molecule has 0 spiro atoms. The minimum Gasteiger partial charge on any atom is -0.330 e. The topological polar surface area (TPSA) is 63.4 Å². The summed E-state index contributed by atoms with van der Waals surface area (Å²) < 4.78 is 0. The van der Waals surface area contributed by atoms with Crippen molar-refractivity contribution in [3.8, 4) is 0 Å². The first-order valence-electron chi connectivity index (χ1n) is 6.32. The van der Waals surface area contributed by atoms with E-state index < -0.39 is 0 Å². The van der Waals surface area contributed by atoms with Gasteiger partial charge in [0.1, 0.15) is 0 Å². The molecule has 1 aromatic carbocycles. The van der Waals surface area contributed by atoms with Gasteiger partial charge in [-0.2, -0.15) is 0 Å². The first kappa shape index (κ1) is 11.4. The van der Waals surface area contributed by atoms with Crippen molar-refractivity contribution < 1.29 is 9.59 Å². The maximum absolute atomic E-state index is 11.9. The smallest absolute Gasteiger partial charge is 0.233 e. The lowest BCUT2D eigenvalue weighted by Crippen LogP contribution is -2.38. The van der Waals surface area contributed by atoms with E-state index in [-0.39, 0.29) is 29.6 Å². The van der Waals surface area contributed by atoms with Gasteiger partial charge in [0.25, 0.3) is 0 Å². The fourth-order valence-electron chi connectivity index (χ4n) is 2.69. The summed E-state index contributed by atoms with van der Waals surface area (Å²) >= 11 is 0. The minimum absolute atomic E-state index is 0.000573. The largest absolute Gasteiger partial charge is 0.330 e. The van der Waals surface area contributed by atoms with Gasteiger partial charge in [0.05, 0.1) is 11.8 Å². The van der Waals surface area contributed by atoms with Gasteiger partial charge in [0, 0.05) is 19.0 Å². The number of carbonyl (C=O) groups is 2. The number of likely N-dealkylation sites (tertiary alicyclic amines) is 1. The molecule has 1 saturated heterocycles. The second-order valence-electron chi connectivity index (χ2n) is 5.08. The van der Waals surface area contributed by atoms with E-state index in [9.17, 15) is 9.59 Å². The SMILES string of the molecule is NCC(CN1C(=O)C2CC2C1=O)c1ccccc1. The normalized spacial score (nSPS) is 27.3. The molecule has 2 fully saturated rings. The van der Waals surface area contributed by atoms with Crippen molar-refractivity contribution >= 4 is 11.8 Å². The molecule has 4 heteroatoms. The highest BCUT2D eigenvalue weighted by molar-refractivity contribution is 6.08. The molecule has 2 N–H and O–H groups in total. The lowest BCUT2D eigenvalue weighted by Gasteiger charge is -2.23. The molecular formula is C14H16N2O2. The highest BCUT2D eigenvalue weighted by atomic mass is 16.2. The Kier molecular flexibility index (Phi) is 2.67. The average Bonchev–Trinajstić information content (AvgIpc) is 3.16. The third kappa shape index (κ3) is 1.73. The van der Waals surface area contributed by atoms with Gasteiger partial charge in [0.2, 0.25) is 11.8 Å². The number of imide groups is 1. The number of hydrogen-bond acceptors (Lipinski definition) is 3. The Labute approximate surface area is 106 Å². The summed E-state index contributed by atoms with van der Waals surface area (Å²) in [6.07, 6.45) is 0.757. The number of nitrogens with two attached hydrogens (primary N) is 1. The highest BCUT2D eigenvalue weighted by Gasteiger charge is 2.58. The predicted molar refractivity (Wildman–Crippen MR) is 66.6 cm³/mol. The summed E-state index contributed by atoms with van der Waals surface area (Å²) in [4.78, 5) is 25.2. The molecule has 3 unspecified atom stereocenters. The summed E-state index contributed by atoms with van der Waals surface area (Å²) in [6, 6.07) is 9.82. The van der Waals surface area contributed by atoms with E-state index in [0.29, 0.717) is 13.1 Å². The van der Waals surface area contributed by atoms with Crippen LogP contribution in [0.4, 0.5) is 0 Å². The van der Waals surface area contributed by atoms with Crippen LogP contribution in [0.3, 0.4) is 0 Å². The fourth-order valence-corrected chi connectivity index (χ4v) is 2.69. The molecule has 0 aromatic heterocycles. The van der Waals surface area contributed by atoms with Crippen LogP contribution in [0.2, 0.25) is 0 Å². The van der Waals surface area contributed by atoms with Gasteiger partial charge in [-0.15, -0.1) is 0 Å². The molecule has 0 bridgehead atoms. The number of amides is 2. The summed E-state index contributed by atoms with van der Waals surface area (Å²) in [5.41, 5.74) is 6.85. The van der Waals surface area contributed by atoms with Crippen LogP contribution in [-0.2, 0) is 9.59 Å². The molecule has 2 aliphatic rings. The average molecular weight is 244 g/mol. The maximum Gasteiger partial charge on any atom is 0.233 e. The van der Waals surface area contributed by atoms with Crippen LogP contribution in [0.25, 0.3) is 0 Å². The Balaban J connectivity index is 1.75. The van der Waals surface area contributed by atoms with E-state index in [2.05, 4.69) is 0 Å². The Hall–Kier alpha value is -1.68. The number of rotatable bonds is 4. The molecule has 1 aliphatic carbocycles.